The molecule has 10 heteroatoms. The first-order valence-corrected chi connectivity index (χ1v) is 11.7. The van der Waals surface area contributed by atoms with E-state index in [9.17, 15) is 4.79 Å². The number of para-hydroxylation sites is 1. The normalized spacial score (nSPS) is 16.2. The molecule has 168 valence electrons. The summed E-state index contributed by atoms with van der Waals surface area (Å²) in [5, 5.41) is 10.8. The third-order valence-corrected chi connectivity index (χ3v) is 6.86. The predicted octanol–water partition coefficient (Wildman–Crippen LogP) is 4.28. The van der Waals surface area contributed by atoms with Crippen LogP contribution in [0.3, 0.4) is 0 Å². The van der Waals surface area contributed by atoms with Crippen LogP contribution in [0.1, 0.15) is 39.7 Å². The number of fused-ring (bicyclic) bond motifs is 1. The molecule has 2 aliphatic heterocycles. The van der Waals surface area contributed by atoms with Crippen molar-refractivity contribution in [3.63, 3.8) is 0 Å². The lowest BCUT2D eigenvalue weighted by Gasteiger charge is -2.21. The van der Waals surface area contributed by atoms with Gasteiger partial charge in [-0.2, -0.15) is 9.78 Å². The highest BCUT2D eigenvalue weighted by atomic mass is 35.5. The zero-order valence-electron chi connectivity index (χ0n) is 17.2. The van der Waals surface area contributed by atoms with Gasteiger partial charge < -0.3 is 20.1 Å². The minimum atomic E-state index is -0.491. The van der Waals surface area contributed by atoms with Gasteiger partial charge in [-0.3, -0.25) is 4.79 Å². The van der Waals surface area contributed by atoms with Crippen molar-refractivity contribution in [3.8, 4) is 11.5 Å². The van der Waals surface area contributed by atoms with E-state index in [2.05, 4.69) is 15.7 Å². The van der Waals surface area contributed by atoms with Crippen LogP contribution in [0.5, 0.6) is 11.5 Å². The third-order valence-electron chi connectivity index (χ3n) is 5.63. The Bertz CT molecular complexity index is 1140. The van der Waals surface area contributed by atoms with Crippen LogP contribution in [0.4, 0.5) is 10.2 Å². The zero-order valence-corrected chi connectivity index (χ0v) is 18.8. The molecule has 5 rings (SSSR count). The fourth-order valence-electron chi connectivity index (χ4n) is 4.05. The maximum atomic E-state index is 15.6. The van der Waals surface area contributed by atoms with Crippen LogP contribution in [-0.4, -0.2) is 42.0 Å². The average molecular weight is 477 g/mol. The Morgan fingerprint density at radius 2 is 2.06 bits per heavy atom. The molecule has 0 saturated carbocycles. The first kappa shape index (κ1) is 21.2. The molecule has 0 bridgehead atoms. The summed E-state index contributed by atoms with van der Waals surface area (Å²) in [6, 6.07) is 8.76. The topological polar surface area (TPSA) is 77.4 Å². The molecule has 1 saturated heterocycles. The van der Waals surface area contributed by atoms with Gasteiger partial charge in [0.05, 0.1) is 16.4 Å². The van der Waals surface area contributed by atoms with Crippen LogP contribution in [0.15, 0.2) is 30.3 Å². The number of carbonyl (C=O) groups excluding carboxylic acids is 1. The summed E-state index contributed by atoms with van der Waals surface area (Å²) < 4.78 is 28.7. The molecule has 2 N–H and O–H groups in total. The van der Waals surface area contributed by atoms with Crippen molar-refractivity contribution in [2.75, 3.05) is 31.6 Å². The lowest BCUT2D eigenvalue weighted by atomic mass is 9.94. The van der Waals surface area contributed by atoms with Gasteiger partial charge in [-0.05, 0) is 50.2 Å². The fraction of sp³-hybridized carbons (Fsp3) is 0.364. The second kappa shape index (κ2) is 9.09. The van der Waals surface area contributed by atoms with E-state index in [1.807, 2.05) is 6.07 Å². The average Bonchev–Trinajstić information content (AvgIpc) is 3.40. The van der Waals surface area contributed by atoms with E-state index < -0.39 is 11.7 Å². The van der Waals surface area contributed by atoms with Gasteiger partial charge in [-0.15, -0.1) is 11.3 Å². The van der Waals surface area contributed by atoms with Crippen molar-refractivity contribution >= 4 is 34.7 Å². The summed E-state index contributed by atoms with van der Waals surface area (Å²) >= 11 is 7.42. The molecular weight excluding hydrogens is 455 g/mol. The molecule has 0 radical (unpaired) electrons. The van der Waals surface area contributed by atoms with Crippen LogP contribution < -0.4 is 20.1 Å². The first-order valence-electron chi connectivity index (χ1n) is 10.5. The molecule has 1 aromatic carbocycles. The number of nitrogens with zero attached hydrogens (tertiary/aromatic N) is 2. The van der Waals surface area contributed by atoms with Crippen LogP contribution in [0, 0.1) is 5.82 Å². The number of hydrogen-bond acceptors (Lipinski definition) is 7. The number of aromatic nitrogens is 2. The SMILES string of the molecule is O=C(c1cccc2c1OCCO2)n1nc(C2CCNCC2)c(F)c1NCc1ccc(Cl)s1. The number of rotatable bonds is 5. The zero-order chi connectivity index (χ0) is 22.1. The van der Waals surface area contributed by atoms with Gasteiger partial charge in [0.1, 0.15) is 18.9 Å². The van der Waals surface area contributed by atoms with Crippen LogP contribution in [0.2, 0.25) is 4.34 Å². The first-order chi connectivity index (χ1) is 15.6. The number of carbonyl (C=O) groups is 1. The summed E-state index contributed by atoms with van der Waals surface area (Å²) in [5.74, 6) is -0.114. The molecule has 1 fully saturated rings. The van der Waals surface area contributed by atoms with Gasteiger partial charge in [-0.1, -0.05) is 17.7 Å². The second-order valence-electron chi connectivity index (χ2n) is 7.68. The maximum Gasteiger partial charge on any atom is 0.284 e. The molecule has 0 unspecified atom stereocenters. The highest BCUT2D eigenvalue weighted by Crippen LogP contribution is 2.36. The van der Waals surface area contributed by atoms with E-state index in [-0.39, 0.29) is 17.3 Å². The molecule has 0 amide bonds. The quantitative estimate of drug-likeness (QED) is 0.572. The molecular formula is C22H22ClFN4O3S. The Balaban J connectivity index is 1.53. The van der Waals surface area contributed by atoms with Crippen molar-refractivity contribution < 1.29 is 18.7 Å². The molecule has 0 spiro atoms. The van der Waals surface area contributed by atoms with E-state index in [1.165, 1.54) is 11.3 Å². The number of benzene rings is 1. The van der Waals surface area contributed by atoms with Gasteiger partial charge in [-0.25, -0.2) is 4.39 Å². The number of hydrogen-bond donors (Lipinski definition) is 2. The van der Waals surface area contributed by atoms with Gasteiger partial charge in [0.15, 0.2) is 23.1 Å². The molecule has 0 atom stereocenters. The Hall–Kier alpha value is -2.62. The van der Waals surface area contributed by atoms with Crippen molar-refractivity contribution in [1.82, 2.24) is 15.1 Å². The van der Waals surface area contributed by atoms with Gasteiger partial charge in [0.25, 0.3) is 5.91 Å². The Morgan fingerprint density at radius 3 is 2.84 bits per heavy atom. The highest BCUT2D eigenvalue weighted by Gasteiger charge is 2.31. The maximum absolute atomic E-state index is 15.6. The fourth-order valence-corrected chi connectivity index (χ4v) is 5.07. The molecule has 4 heterocycles. The smallest absolute Gasteiger partial charge is 0.284 e. The van der Waals surface area contributed by atoms with Crippen molar-refractivity contribution in [2.45, 2.75) is 25.3 Å². The largest absolute Gasteiger partial charge is 0.486 e. The van der Waals surface area contributed by atoms with Crippen LogP contribution in [0.25, 0.3) is 0 Å². The summed E-state index contributed by atoms with van der Waals surface area (Å²) in [7, 11) is 0. The molecule has 0 aliphatic carbocycles. The van der Waals surface area contributed by atoms with E-state index in [4.69, 9.17) is 21.1 Å². The number of anilines is 1. The van der Waals surface area contributed by atoms with Crippen molar-refractivity contribution in [1.29, 1.82) is 0 Å². The highest BCUT2D eigenvalue weighted by molar-refractivity contribution is 7.16. The molecule has 7 nitrogen and oxygen atoms in total. The molecule has 32 heavy (non-hydrogen) atoms. The summed E-state index contributed by atoms with van der Waals surface area (Å²) in [6.07, 6.45) is 1.53. The van der Waals surface area contributed by atoms with Crippen LogP contribution >= 0.6 is 22.9 Å². The molecule has 2 aliphatic rings. The van der Waals surface area contributed by atoms with Crippen molar-refractivity contribution in [3.05, 3.63) is 56.6 Å². The predicted molar refractivity (Wildman–Crippen MR) is 121 cm³/mol. The number of thiophene rings is 1. The van der Waals surface area contributed by atoms with E-state index in [1.54, 1.807) is 24.3 Å². The minimum absolute atomic E-state index is 0.0439. The summed E-state index contributed by atoms with van der Waals surface area (Å²) in [4.78, 5) is 14.5. The second-order valence-corrected chi connectivity index (χ2v) is 9.48. The number of halogens is 2. The Labute approximate surface area is 193 Å². The lowest BCUT2D eigenvalue weighted by molar-refractivity contribution is 0.0935. The minimum Gasteiger partial charge on any atom is -0.486 e. The lowest BCUT2D eigenvalue weighted by Crippen LogP contribution is -2.27. The number of ether oxygens (including phenoxy) is 2. The van der Waals surface area contributed by atoms with E-state index in [0.29, 0.717) is 41.3 Å². The Kier molecular flexibility index (Phi) is 6.03. The Morgan fingerprint density at radius 1 is 1.25 bits per heavy atom. The molecule has 3 aromatic rings. The summed E-state index contributed by atoms with van der Waals surface area (Å²) in [6.45, 7) is 2.66. The van der Waals surface area contributed by atoms with Crippen molar-refractivity contribution in [2.24, 2.45) is 0 Å². The summed E-state index contributed by atoms with van der Waals surface area (Å²) in [5.41, 5.74) is 0.595. The van der Waals surface area contributed by atoms with E-state index >= 15 is 4.39 Å². The molecule has 2 aromatic heterocycles. The van der Waals surface area contributed by atoms with Crippen LogP contribution in [-0.2, 0) is 6.54 Å². The monoisotopic (exact) mass is 476 g/mol. The third kappa shape index (κ3) is 4.07. The number of piperidine rings is 1. The van der Waals surface area contributed by atoms with Gasteiger partial charge in [0, 0.05) is 10.8 Å². The van der Waals surface area contributed by atoms with E-state index in [0.717, 1.165) is 35.5 Å². The number of nitrogens with one attached hydrogen (secondary N) is 2. The van der Waals surface area contributed by atoms with Gasteiger partial charge in [0.2, 0.25) is 0 Å². The van der Waals surface area contributed by atoms with Gasteiger partial charge >= 0.3 is 0 Å². The standard InChI is InChI=1S/C22H22ClFN4O3S/c23-17-5-4-14(32-17)12-26-21-18(24)19(13-6-8-25-9-7-13)27-28(21)22(29)15-2-1-3-16-20(15)31-11-10-30-16/h1-5,13,25-26H,6-12H2.